The van der Waals surface area contributed by atoms with Gasteiger partial charge in [-0.3, -0.25) is 9.59 Å². The molecule has 0 aromatic rings. The number of carbonyl (C=O) groups is 2. The van der Waals surface area contributed by atoms with Gasteiger partial charge in [-0.2, -0.15) is 0 Å². The quantitative estimate of drug-likeness (QED) is 0.789. The highest BCUT2D eigenvalue weighted by molar-refractivity contribution is 5.97. The van der Waals surface area contributed by atoms with Crippen LogP contribution in [0.2, 0.25) is 0 Å². The number of piperazine rings is 1. The zero-order valence-corrected chi connectivity index (χ0v) is 12.0. The summed E-state index contributed by atoms with van der Waals surface area (Å²) in [6.45, 7) is 8.15. The molecule has 0 radical (unpaired) electrons. The Morgan fingerprint density at radius 1 is 1.17 bits per heavy atom. The molecule has 0 aromatic carbocycles. The SMILES string of the molecule is CCCC1C(=O)NC(CC)C(=O)N1C(CC)CC. The molecule has 1 aliphatic rings. The van der Waals surface area contributed by atoms with E-state index < -0.39 is 0 Å². The topological polar surface area (TPSA) is 49.4 Å². The second kappa shape index (κ2) is 6.76. The maximum Gasteiger partial charge on any atom is 0.246 e. The third-order valence-corrected chi connectivity index (χ3v) is 3.81. The highest BCUT2D eigenvalue weighted by atomic mass is 16.2. The van der Waals surface area contributed by atoms with Gasteiger partial charge in [0.05, 0.1) is 0 Å². The number of hydrogen-bond acceptors (Lipinski definition) is 2. The first-order valence-electron chi connectivity index (χ1n) is 7.23. The number of hydrogen-bond donors (Lipinski definition) is 1. The van der Waals surface area contributed by atoms with E-state index in [-0.39, 0.29) is 29.9 Å². The zero-order chi connectivity index (χ0) is 13.7. The lowest BCUT2D eigenvalue weighted by Crippen LogP contribution is -2.65. The Hall–Kier alpha value is -1.06. The van der Waals surface area contributed by atoms with Crippen LogP contribution in [0.5, 0.6) is 0 Å². The summed E-state index contributed by atoms with van der Waals surface area (Å²) in [4.78, 5) is 26.5. The van der Waals surface area contributed by atoms with Gasteiger partial charge in [-0.15, -0.1) is 0 Å². The molecule has 0 saturated carbocycles. The summed E-state index contributed by atoms with van der Waals surface area (Å²) < 4.78 is 0. The molecular weight excluding hydrogens is 228 g/mol. The van der Waals surface area contributed by atoms with Gasteiger partial charge in [-0.05, 0) is 25.7 Å². The Kier molecular flexibility index (Phi) is 5.63. The van der Waals surface area contributed by atoms with Gasteiger partial charge in [0.25, 0.3) is 0 Å². The highest BCUT2D eigenvalue weighted by Gasteiger charge is 2.41. The summed E-state index contributed by atoms with van der Waals surface area (Å²) in [6, 6.07) is -0.407. The van der Waals surface area contributed by atoms with Gasteiger partial charge >= 0.3 is 0 Å². The van der Waals surface area contributed by atoms with Crippen molar-refractivity contribution < 1.29 is 9.59 Å². The molecule has 1 aliphatic heterocycles. The average Bonchev–Trinajstić information content (AvgIpc) is 2.37. The summed E-state index contributed by atoms with van der Waals surface area (Å²) in [6.07, 6.45) is 4.15. The normalized spacial score (nSPS) is 24.6. The molecule has 0 aliphatic carbocycles. The second-order valence-electron chi connectivity index (χ2n) is 4.99. The summed E-state index contributed by atoms with van der Waals surface area (Å²) >= 11 is 0. The lowest BCUT2D eigenvalue weighted by Gasteiger charge is -2.43. The van der Waals surface area contributed by atoms with Crippen LogP contribution in [0.4, 0.5) is 0 Å². The molecule has 0 aromatic heterocycles. The van der Waals surface area contributed by atoms with E-state index in [0.717, 1.165) is 25.7 Å². The molecule has 1 N–H and O–H groups in total. The minimum atomic E-state index is -0.328. The molecule has 2 unspecified atom stereocenters. The van der Waals surface area contributed by atoms with Gasteiger partial charge in [0, 0.05) is 6.04 Å². The fourth-order valence-corrected chi connectivity index (χ4v) is 2.73. The van der Waals surface area contributed by atoms with Crippen LogP contribution in [0.1, 0.15) is 59.8 Å². The molecule has 1 saturated heterocycles. The Morgan fingerprint density at radius 3 is 2.22 bits per heavy atom. The van der Waals surface area contributed by atoms with Gasteiger partial charge in [0.15, 0.2) is 0 Å². The molecule has 1 fully saturated rings. The minimum absolute atomic E-state index is 0.0233. The third kappa shape index (κ3) is 2.85. The Bertz CT molecular complexity index is 300. The third-order valence-electron chi connectivity index (χ3n) is 3.81. The van der Waals surface area contributed by atoms with E-state index in [1.54, 1.807) is 0 Å². The van der Waals surface area contributed by atoms with E-state index in [4.69, 9.17) is 0 Å². The largest absolute Gasteiger partial charge is 0.343 e. The van der Waals surface area contributed by atoms with Crippen molar-refractivity contribution in [2.45, 2.75) is 77.9 Å². The number of amides is 2. The Balaban J connectivity index is 3.00. The van der Waals surface area contributed by atoms with Crippen molar-refractivity contribution in [2.75, 3.05) is 0 Å². The molecule has 2 amide bonds. The lowest BCUT2D eigenvalue weighted by atomic mass is 9.97. The van der Waals surface area contributed by atoms with Gasteiger partial charge in [-0.1, -0.05) is 34.1 Å². The van der Waals surface area contributed by atoms with Gasteiger partial charge in [-0.25, -0.2) is 0 Å². The Labute approximate surface area is 110 Å². The average molecular weight is 254 g/mol. The van der Waals surface area contributed by atoms with E-state index in [9.17, 15) is 9.59 Å². The van der Waals surface area contributed by atoms with E-state index in [0.29, 0.717) is 6.42 Å². The van der Waals surface area contributed by atoms with E-state index in [1.165, 1.54) is 0 Å². The van der Waals surface area contributed by atoms with Gasteiger partial charge in [0.2, 0.25) is 11.8 Å². The molecule has 104 valence electrons. The molecular formula is C14H26N2O2. The summed E-state index contributed by atoms with van der Waals surface area (Å²) in [5.74, 6) is 0.124. The molecule has 4 nitrogen and oxygen atoms in total. The monoisotopic (exact) mass is 254 g/mol. The van der Waals surface area contributed by atoms with Crippen molar-refractivity contribution in [2.24, 2.45) is 0 Å². The predicted octanol–water partition coefficient (Wildman–Crippen LogP) is 2.08. The van der Waals surface area contributed by atoms with Crippen LogP contribution in [-0.2, 0) is 9.59 Å². The standard InChI is InChI=1S/C14H26N2O2/c1-5-9-12-13(17)15-11(8-4)14(18)16(12)10(6-2)7-3/h10-12H,5-9H2,1-4H3,(H,15,17). The van der Waals surface area contributed by atoms with Crippen LogP contribution >= 0.6 is 0 Å². The first-order valence-corrected chi connectivity index (χ1v) is 7.23. The van der Waals surface area contributed by atoms with E-state index in [1.807, 2.05) is 11.8 Å². The van der Waals surface area contributed by atoms with Gasteiger partial charge < -0.3 is 10.2 Å². The van der Waals surface area contributed by atoms with Crippen molar-refractivity contribution in [3.05, 3.63) is 0 Å². The summed E-state index contributed by atoms with van der Waals surface area (Å²) in [5, 5.41) is 2.85. The number of carbonyl (C=O) groups excluding carboxylic acids is 2. The first kappa shape index (κ1) is 15.0. The van der Waals surface area contributed by atoms with Crippen LogP contribution in [-0.4, -0.2) is 34.8 Å². The number of nitrogens with one attached hydrogen (secondary N) is 1. The summed E-state index contributed by atoms with van der Waals surface area (Å²) in [5.41, 5.74) is 0. The maximum atomic E-state index is 12.5. The molecule has 1 heterocycles. The highest BCUT2D eigenvalue weighted by Crippen LogP contribution is 2.22. The van der Waals surface area contributed by atoms with Crippen molar-refractivity contribution >= 4 is 11.8 Å². The molecule has 1 rings (SSSR count). The fraction of sp³-hybridized carbons (Fsp3) is 0.857. The smallest absolute Gasteiger partial charge is 0.246 e. The molecule has 4 heteroatoms. The van der Waals surface area contributed by atoms with Crippen molar-refractivity contribution in [1.82, 2.24) is 10.2 Å². The van der Waals surface area contributed by atoms with Crippen molar-refractivity contribution in [1.29, 1.82) is 0 Å². The molecule has 18 heavy (non-hydrogen) atoms. The van der Waals surface area contributed by atoms with Crippen molar-refractivity contribution in [3.8, 4) is 0 Å². The second-order valence-corrected chi connectivity index (χ2v) is 4.99. The lowest BCUT2D eigenvalue weighted by molar-refractivity contribution is -0.152. The number of rotatable bonds is 6. The number of nitrogens with zero attached hydrogens (tertiary/aromatic N) is 1. The van der Waals surface area contributed by atoms with E-state index in [2.05, 4.69) is 26.1 Å². The van der Waals surface area contributed by atoms with E-state index >= 15 is 0 Å². The molecule has 0 bridgehead atoms. The molecule has 2 atom stereocenters. The summed E-state index contributed by atoms with van der Waals surface area (Å²) in [7, 11) is 0. The Morgan fingerprint density at radius 2 is 1.78 bits per heavy atom. The van der Waals surface area contributed by atoms with Crippen LogP contribution < -0.4 is 5.32 Å². The van der Waals surface area contributed by atoms with Crippen LogP contribution in [0, 0.1) is 0 Å². The van der Waals surface area contributed by atoms with Crippen LogP contribution in [0.15, 0.2) is 0 Å². The molecule has 0 spiro atoms. The zero-order valence-electron chi connectivity index (χ0n) is 12.0. The maximum absolute atomic E-state index is 12.5. The van der Waals surface area contributed by atoms with Gasteiger partial charge in [0.1, 0.15) is 12.1 Å². The predicted molar refractivity (Wildman–Crippen MR) is 72.1 cm³/mol. The first-order chi connectivity index (χ1) is 8.60. The van der Waals surface area contributed by atoms with Crippen LogP contribution in [0.25, 0.3) is 0 Å². The van der Waals surface area contributed by atoms with Crippen molar-refractivity contribution in [3.63, 3.8) is 0 Å². The fourth-order valence-electron chi connectivity index (χ4n) is 2.73. The van der Waals surface area contributed by atoms with Crippen LogP contribution in [0.3, 0.4) is 0 Å². The minimum Gasteiger partial charge on any atom is -0.343 e.